The maximum atomic E-state index is 12.6. The number of methoxy groups -OCH3 is 2. The summed E-state index contributed by atoms with van der Waals surface area (Å²) < 4.78 is 10.5. The highest BCUT2D eigenvalue weighted by Gasteiger charge is 2.32. The molecule has 0 unspecified atom stereocenters. The molecule has 1 saturated heterocycles. The minimum Gasteiger partial charge on any atom is -0.465 e. The van der Waals surface area contributed by atoms with Gasteiger partial charge in [-0.25, -0.2) is 9.78 Å². The lowest BCUT2D eigenvalue weighted by atomic mass is 10.0. The number of rotatable bonds is 6. The summed E-state index contributed by atoms with van der Waals surface area (Å²) in [5, 5.41) is 3.30. The standard InChI is InChI=1S/C20H26ClN5O4/c1-5-14-17(21)25-18(23-14)19(27)24-15-6-7-26(10-16(15)29-3)12-8-13(20(28)30-4)11(2)22-9-12/h8-9,15-16H,5-7,10H2,1-4H3,(H,23,25)(H,24,27)/t15-,16+/m1/s1. The van der Waals surface area contributed by atoms with Crippen molar-refractivity contribution < 1.29 is 19.1 Å². The second-order valence-corrected chi connectivity index (χ2v) is 7.47. The molecule has 9 nitrogen and oxygen atoms in total. The maximum Gasteiger partial charge on any atom is 0.339 e. The van der Waals surface area contributed by atoms with Gasteiger partial charge in [0.15, 0.2) is 11.0 Å². The molecule has 0 radical (unpaired) electrons. The van der Waals surface area contributed by atoms with E-state index < -0.39 is 5.97 Å². The Morgan fingerprint density at radius 3 is 2.80 bits per heavy atom. The van der Waals surface area contributed by atoms with E-state index in [1.54, 1.807) is 26.3 Å². The number of carbonyl (C=O) groups excluding carboxylic acids is 2. The number of H-pyrrole nitrogens is 1. The molecule has 2 aromatic rings. The monoisotopic (exact) mass is 435 g/mol. The van der Waals surface area contributed by atoms with Gasteiger partial charge < -0.3 is 24.7 Å². The van der Waals surface area contributed by atoms with Gasteiger partial charge in [-0.1, -0.05) is 18.5 Å². The zero-order valence-corrected chi connectivity index (χ0v) is 18.2. The number of amides is 1. The normalized spacial score (nSPS) is 18.9. The first-order valence-corrected chi connectivity index (χ1v) is 10.1. The van der Waals surface area contributed by atoms with E-state index in [1.165, 1.54) is 7.11 Å². The number of halogens is 1. The average Bonchev–Trinajstić information content (AvgIpc) is 3.14. The molecule has 0 aromatic carbocycles. The Balaban J connectivity index is 1.70. The number of carbonyl (C=O) groups is 2. The van der Waals surface area contributed by atoms with Crippen LogP contribution in [0.2, 0.25) is 5.15 Å². The number of imidazole rings is 1. The molecule has 0 bridgehead atoms. The van der Waals surface area contributed by atoms with E-state index in [-0.39, 0.29) is 23.9 Å². The number of aromatic amines is 1. The van der Waals surface area contributed by atoms with Gasteiger partial charge in [0.2, 0.25) is 0 Å². The largest absolute Gasteiger partial charge is 0.465 e. The van der Waals surface area contributed by atoms with Crippen LogP contribution in [-0.4, -0.2) is 66.3 Å². The molecule has 1 fully saturated rings. The number of piperidine rings is 1. The lowest BCUT2D eigenvalue weighted by molar-refractivity contribution is 0.0537. The highest BCUT2D eigenvalue weighted by Crippen LogP contribution is 2.24. The second kappa shape index (κ2) is 9.44. The van der Waals surface area contributed by atoms with Gasteiger partial charge in [0.05, 0.1) is 48.1 Å². The van der Waals surface area contributed by atoms with Gasteiger partial charge in [-0.15, -0.1) is 0 Å². The topological polar surface area (TPSA) is 109 Å². The van der Waals surface area contributed by atoms with Crippen molar-refractivity contribution in [1.29, 1.82) is 0 Å². The predicted octanol–water partition coefficient (Wildman–Crippen LogP) is 2.14. The summed E-state index contributed by atoms with van der Waals surface area (Å²) in [4.78, 5) is 38.0. The summed E-state index contributed by atoms with van der Waals surface area (Å²) in [6, 6.07) is 1.59. The average molecular weight is 436 g/mol. The Hall–Kier alpha value is -2.65. The van der Waals surface area contributed by atoms with E-state index in [2.05, 4.69) is 25.2 Å². The number of nitrogens with one attached hydrogen (secondary N) is 2. The maximum absolute atomic E-state index is 12.6. The third kappa shape index (κ3) is 4.57. The van der Waals surface area contributed by atoms with Gasteiger partial charge in [-0.3, -0.25) is 9.78 Å². The molecule has 2 atom stereocenters. The molecular weight excluding hydrogens is 410 g/mol. The molecule has 0 spiro atoms. The van der Waals surface area contributed by atoms with Crippen LogP contribution < -0.4 is 10.2 Å². The van der Waals surface area contributed by atoms with Gasteiger partial charge in [0.1, 0.15) is 0 Å². The molecule has 0 saturated carbocycles. The molecule has 10 heteroatoms. The molecule has 0 aliphatic carbocycles. The van der Waals surface area contributed by atoms with E-state index in [9.17, 15) is 9.59 Å². The molecule has 162 valence electrons. The fourth-order valence-electron chi connectivity index (χ4n) is 3.53. The summed E-state index contributed by atoms with van der Waals surface area (Å²) in [6.07, 6.45) is 2.79. The van der Waals surface area contributed by atoms with Crippen LogP contribution in [0, 0.1) is 6.92 Å². The van der Waals surface area contributed by atoms with E-state index in [4.69, 9.17) is 21.1 Å². The van der Waals surface area contributed by atoms with Crippen molar-refractivity contribution in [3.8, 4) is 0 Å². The van der Waals surface area contributed by atoms with Crippen LogP contribution in [0.25, 0.3) is 0 Å². The summed E-state index contributed by atoms with van der Waals surface area (Å²) in [5.41, 5.74) is 2.58. The Kier molecular flexibility index (Phi) is 6.94. The van der Waals surface area contributed by atoms with Crippen LogP contribution in [-0.2, 0) is 15.9 Å². The van der Waals surface area contributed by atoms with Crippen LogP contribution in [0.3, 0.4) is 0 Å². The first-order valence-electron chi connectivity index (χ1n) is 9.75. The van der Waals surface area contributed by atoms with Gasteiger partial charge in [0, 0.05) is 20.2 Å². The summed E-state index contributed by atoms with van der Waals surface area (Å²) >= 11 is 6.04. The lowest BCUT2D eigenvalue weighted by Gasteiger charge is -2.39. The molecular formula is C20H26ClN5O4. The Bertz CT molecular complexity index is 932. The minimum atomic E-state index is -0.421. The van der Waals surface area contributed by atoms with Crippen molar-refractivity contribution >= 4 is 29.2 Å². The number of aryl methyl sites for hydroxylation is 2. The van der Waals surface area contributed by atoms with Crippen molar-refractivity contribution in [1.82, 2.24) is 20.3 Å². The smallest absolute Gasteiger partial charge is 0.339 e. The van der Waals surface area contributed by atoms with Crippen molar-refractivity contribution in [2.75, 3.05) is 32.2 Å². The molecule has 2 aromatic heterocycles. The first-order chi connectivity index (χ1) is 14.4. The Morgan fingerprint density at radius 1 is 1.40 bits per heavy atom. The zero-order chi connectivity index (χ0) is 21.8. The molecule has 3 heterocycles. The second-order valence-electron chi connectivity index (χ2n) is 7.12. The number of ether oxygens (including phenoxy) is 2. The molecule has 1 aliphatic rings. The predicted molar refractivity (Wildman–Crippen MR) is 112 cm³/mol. The van der Waals surface area contributed by atoms with Gasteiger partial charge >= 0.3 is 5.97 Å². The fraction of sp³-hybridized carbons (Fsp3) is 0.500. The summed E-state index contributed by atoms with van der Waals surface area (Å²) in [6.45, 7) is 4.89. The van der Waals surface area contributed by atoms with Gasteiger partial charge in [0.25, 0.3) is 5.91 Å². The number of esters is 1. The highest BCUT2D eigenvalue weighted by atomic mass is 35.5. The Labute approximate surface area is 180 Å². The van der Waals surface area contributed by atoms with Crippen LogP contribution in [0.4, 0.5) is 5.69 Å². The van der Waals surface area contributed by atoms with Crippen LogP contribution >= 0.6 is 11.6 Å². The van der Waals surface area contributed by atoms with Crippen LogP contribution in [0.15, 0.2) is 12.3 Å². The number of hydrogen-bond acceptors (Lipinski definition) is 7. The third-order valence-corrected chi connectivity index (χ3v) is 5.63. The number of anilines is 1. The minimum absolute atomic E-state index is 0.189. The summed E-state index contributed by atoms with van der Waals surface area (Å²) in [7, 11) is 2.96. The molecule has 2 N–H and O–H groups in total. The Morgan fingerprint density at radius 2 is 2.17 bits per heavy atom. The van der Waals surface area contributed by atoms with Crippen LogP contribution in [0.5, 0.6) is 0 Å². The number of pyridine rings is 1. The molecule has 3 rings (SSSR count). The van der Waals surface area contributed by atoms with E-state index in [0.29, 0.717) is 42.3 Å². The quantitative estimate of drug-likeness (QED) is 0.669. The van der Waals surface area contributed by atoms with Gasteiger partial charge in [-0.2, -0.15) is 0 Å². The van der Waals surface area contributed by atoms with E-state index in [0.717, 1.165) is 11.4 Å². The highest BCUT2D eigenvalue weighted by molar-refractivity contribution is 6.30. The van der Waals surface area contributed by atoms with E-state index >= 15 is 0 Å². The van der Waals surface area contributed by atoms with Crippen molar-refractivity contribution in [3.63, 3.8) is 0 Å². The van der Waals surface area contributed by atoms with Crippen molar-refractivity contribution in [2.24, 2.45) is 0 Å². The third-order valence-electron chi connectivity index (χ3n) is 5.32. The van der Waals surface area contributed by atoms with Crippen LogP contribution in [0.1, 0.15) is 45.7 Å². The van der Waals surface area contributed by atoms with E-state index in [1.807, 2.05) is 6.92 Å². The lowest BCUT2D eigenvalue weighted by Crippen LogP contribution is -2.55. The van der Waals surface area contributed by atoms with Crippen molar-refractivity contribution in [3.05, 3.63) is 40.2 Å². The number of nitrogens with zero attached hydrogens (tertiary/aromatic N) is 3. The molecule has 1 aliphatic heterocycles. The summed E-state index contributed by atoms with van der Waals surface area (Å²) in [5.74, 6) is -0.544. The zero-order valence-electron chi connectivity index (χ0n) is 17.5. The number of hydrogen-bond donors (Lipinski definition) is 2. The number of aromatic nitrogens is 3. The fourth-order valence-corrected chi connectivity index (χ4v) is 3.80. The SMILES string of the molecule is CCc1[nH]c(C(=O)N[C@@H]2CCN(c3cnc(C)c(C(=O)OC)c3)C[C@@H]2OC)nc1Cl. The van der Waals surface area contributed by atoms with Crippen molar-refractivity contribution in [2.45, 2.75) is 38.8 Å². The molecule has 1 amide bonds. The first kappa shape index (κ1) is 22.0. The molecule has 30 heavy (non-hydrogen) atoms. The van der Waals surface area contributed by atoms with Gasteiger partial charge in [-0.05, 0) is 25.8 Å².